The molecule has 22 heavy (non-hydrogen) atoms. The van der Waals surface area contributed by atoms with Crippen LogP contribution in [-0.4, -0.2) is 18.1 Å². The molecule has 110 valence electrons. The van der Waals surface area contributed by atoms with Gasteiger partial charge in [-0.2, -0.15) is 0 Å². The van der Waals surface area contributed by atoms with Gasteiger partial charge in [0.1, 0.15) is 10.9 Å². The van der Waals surface area contributed by atoms with E-state index in [1.807, 2.05) is 47.8 Å². The largest absolute Gasteiger partial charge is 0.468 e. The van der Waals surface area contributed by atoms with Crippen LogP contribution < -0.4 is 0 Å². The number of carbonyl (C=O) groups is 1. The second kappa shape index (κ2) is 6.54. The molecular formula is C18H15NO2S. The number of methoxy groups -OCH3 is 1. The molecule has 1 aromatic heterocycles. The highest BCUT2D eigenvalue weighted by Gasteiger charge is 2.25. The van der Waals surface area contributed by atoms with Crippen LogP contribution in [0.1, 0.15) is 16.5 Å². The van der Waals surface area contributed by atoms with Crippen LogP contribution >= 0.6 is 11.3 Å². The van der Waals surface area contributed by atoms with Crippen molar-refractivity contribution < 1.29 is 9.53 Å². The molecule has 4 heteroatoms. The van der Waals surface area contributed by atoms with Crippen molar-refractivity contribution in [3.05, 3.63) is 76.7 Å². The highest BCUT2D eigenvalue weighted by atomic mass is 32.1. The third-order valence-electron chi connectivity index (χ3n) is 3.49. The van der Waals surface area contributed by atoms with Gasteiger partial charge in [0.25, 0.3) is 0 Å². The average molecular weight is 309 g/mol. The molecule has 0 amide bonds. The van der Waals surface area contributed by atoms with Crippen molar-refractivity contribution in [1.29, 1.82) is 0 Å². The fourth-order valence-electron chi connectivity index (χ4n) is 2.37. The summed E-state index contributed by atoms with van der Waals surface area (Å²) >= 11 is 1.46. The Hall–Kier alpha value is -2.46. The molecule has 1 heterocycles. The lowest BCUT2D eigenvalue weighted by molar-refractivity contribution is -0.141. The molecule has 0 aliphatic carbocycles. The van der Waals surface area contributed by atoms with Crippen LogP contribution in [0.5, 0.6) is 0 Å². The number of nitrogens with zero attached hydrogens (tertiary/aromatic N) is 1. The predicted octanol–water partition coefficient (Wildman–Crippen LogP) is 4.12. The van der Waals surface area contributed by atoms with E-state index in [4.69, 9.17) is 4.74 Å². The van der Waals surface area contributed by atoms with E-state index in [0.717, 1.165) is 21.7 Å². The lowest BCUT2D eigenvalue weighted by Crippen LogP contribution is -2.15. The summed E-state index contributed by atoms with van der Waals surface area (Å²) in [6.07, 6.45) is 1.70. The van der Waals surface area contributed by atoms with Gasteiger partial charge in [0.2, 0.25) is 0 Å². The number of hydrogen-bond donors (Lipinski definition) is 0. The maximum atomic E-state index is 12.1. The van der Waals surface area contributed by atoms with Crippen LogP contribution in [0, 0.1) is 0 Å². The number of thiazole rings is 1. The maximum Gasteiger partial charge on any atom is 0.320 e. The van der Waals surface area contributed by atoms with Crippen LogP contribution in [0.2, 0.25) is 0 Å². The first-order valence-electron chi connectivity index (χ1n) is 6.92. The van der Waals surface area contributed by atoms with Gasteiger partial charge in [-0.15, -0.1) is 11.3 Å². The third kappa shape index (κ3) is 2.92. The number of esters is 1. The summed E-state index contributed by atoms with van der Waals surface area (Å²) in [7, 11) is 1.40. The fourth-order valence-corrected chi connectivity index (χ4v) is 3.12. The van der Waals surface area contributed by atoms with Gasteiger partial charge in [0.15, 0.2) is 0 Å². The molecule has 0 N–H and O–H groups in total. The number of benzene rings is 2. The number of carbonyl (C=O) groups excluding carboxylic acids is 1. The van der Waals surface area contributed by atoms with Gasteiger partial charge in [0.05, 0.1) is 7.11 Å². The maximum absolute atomic E-state index is 12.1. The van der Waals surface area contributed by atoms with Crippen LogP contribution in [0.3, 0.4) is 0 Å². The molecule has 0 spiro atoms. The Kier molecular flexibility index (Phi) is 4.30. The van der Waals surface area contributed by atoms with E-state index >= 15 is 0 Å². The Bertz CT molecular complexity index is 737. The van der Waals surface area contributed by atoms with Crippen molar-refractivity contribution in [1.82, 2.24) is 4.98 Å². The van der Waals surface area contributed by atoms with Crippen molar-refractivity contribution in [2.24, 2.45) is 0 Å². The SMILES string of the molecule is COC(=O)C(c1ccc(-c2ccccc2)cc1)c1nccs1. The van der Waals surface area contributed by atoms with E-state index in [1.54, 1.807) is 6.20 Å². The topological polar surface area (TPSA) is 39.2 Å². The van der Waals surface area contributed by atoms with Crippen molar-refractivity contribution in [3.8, 4) is 11.1 Å². The Morgan fingerprint density at radius 1 is 1.05 bits per heavy atom. The zero-order valence-corrected chi connectivity index (χ0v) is 12.9. The molecule has 0 aliphatic rings. The molecule has 0 radical (unpaired) electrons. The highest BCUT2D eigenvalue weighted by molar-refractivity contribution is 7.09. The van der Waals surface area contributed by atoms with E-state index in [9.17, 15) is 4.79 Å². The van der Waals surface area contributed by atoms with Crippen LogP contribution in [-0.2, 0) is 9.53 Å². The first-order chi connectivity index (χ1) is 10.8. The van der Waals surface area contributed by atoms with Gasteiger partial charge in [-0.25, -0.2) is 4.98 Å². The lowest BCUT2D eigenvalue weighted by Gasteiger charge is -2.13. The fraction of sp³-hybridized carbons (Fsp3) is 0.111. The lowest BCUT2D eigenvalue weighted by atomic mass is 9.96. The Balaban J connectivity index is 1.95. The van der Waals surface area contributed by atoms with E-state index in [1.165, 1.54) is 18.4 Å². The summed E-state index contributed by atoms with van der Waals surface area (Å²) in [5.74, 6) is -0.753. The molecule has 3 nitrogen and oxygen atoms in total. The standard InChI is InChI=1S/C18H15NO2S/c1-21-18(20)16(17-19-11-12-22-17)15-9-7-14(8-10-15)13-5-3-2-4-6-13/h2-12,16H,1H3. The minimum atomic E-state index is -0.463. The molecule has 0 saturated heterocycles. The summed E-state index contributed by atoms with van der Waals surface area (Å²) < 4.78 is 4.93. The summed E-state index contributed by atoms with van der Waals surface area (Å²) in [5, 5.41) is 2.61. The van der Waals surface area contributed by atoms with Crippen LogP contribution in [0.15, 0.2) is 66.2 Å². The molecule has 1 atom stereocenters. The monoisotopic (exact) mass is 309 g/mol. The normalized spacial score (nSPS) is 11.9. The van der Waals surface area contributed by atoms with E-state index in [0.29, 0.717) is 0 Å². The van der Waals surface area contributed by atoms with Crippen LogP contribution in [0.25, 0.3) is 11.1 Å². The van der Waals surface area contributed by atoms with Gasteiger partial charge in [0, 0.05) is 11.6 Å². The van der Waals surface area contributed by atoms with Crippen molar-refractivity contribution in [3.63, 3.8) is 0 Å². The summed E-state index contributed by atoms with van der Waals surface area (Å²) in [5.41, 5.74) is 3.16. The number of aromatic nitrogens is 1. The number of ether oxygens (including phenoxy) is 1. The highest BCUT2D eigenvalue weighted by Crippen LogP contribution is 2.29. The molecule has 0 aliphatic heterocycles. The van der Waals surface area contributed by atoms with Crippen LogP contribution in [0.4, 0.5) is 0 Å². The second-order valence-electron chi connectivity index (χ2n) is 4.81. The molecule has 2 aromatic carbocycles. The molecule has 0 saturated carbocycles. The third-order valence-corrected chi connectivity index (χ3v) is 4.33. The molecular weight excluding hydrogens is 294 g/mol. The van der Waals surface area contributed by atoms with Gasteiger partial charge in [-0.1, -0.05) is 54.6 Å². The summed E-state index contributed by atoms with van der Waals surface area (Å²) in [4.78, 5) is 16.4. The van der Waals surface area contributed by atoms with Gasteiger partial charge in [-0.05, 0) is 16.7 Å². The summed E-state index contributed by atoms with van der Waals surface area (Å²) in [6.45, 7) is 0. The Labute approximate surface area is 133 Å². The van der Waals surface area contributed by atoms with Gasteiger partial charge >= 0.3 is 5.97 Å². The Morgan fingerprint density at radius 2 is 1.73 bits per heavy atom. The summed E-state index contributed by atoms with van der Waals surface area (Å²) in [6, 6.07) is 18.1. The zero-order valence-electron chi connectivity index (χ0n) is 12.1. The van der Waals surface area contributed by atoms with Crippen molar-refractivity contribution in [2.45, 2.75) is 5.92 Å². The molecule has 3 aromatic rings. The first kappa shape index (κ1) is 14.5. The smallest absolute Gasteiger partial charge is 0.320 e. The minimum absolute atomic E-state index is 0.289. The first-order valence-corrected chi connectivity index (χ1v) is 7.80. The average Bonchev–Trinajstić information content (AvgIpc) is 3.10. The van der Waals surface area contributed by atoms with Gasteiger partial charge < -0.3 is 4.74 Å². The minimum Gasteiger partial charge on any atom is -0.468 e. The van der Waals surface area contributed by atoms with Gasteiger partial charge in [-0.3, -0.25) is 4.79 Å². The Morgan fingerprint density at radius 3 is 2.32 bits per heavy atom. The molecule has 1 unspecified atom stereocenters. The van der Waals surface area contributed by atoms with E-state index in [-0.39, 0.29) is 5.97 Å². The number of rotatable bonds is 4. The molecule has 0 bridgehead atoms. The van der Waals surface area contributed by atoms with E-state index < -0.39 is 5.92 Å². The molecule has 3 rings (SSSR count). The van der Waals surface area contributed by atoms with Crippen molar-refractivity contribution >= 4 is 17.3 Å². The predicted molar refractivity (Wildman–Crippen MR) is 87.9 cm³/mol. The second-order valence-corrected chi connectivity index (χ2v) is 5.74. The zero-order chi connectivity index (χ0) is 15.4. The quantitative estimate of drug-likeness (QED) is 0.681. The van der Waals surface area contributed by atoms with E-state index in [2.05, 4.69) is 17.1 Å². The number of hydrogen-bond acceptors (Lipinski definition) is 4. The van der Waals surface area contributed by atoms with Crippen molar-refractivity contribution in [2.75, 3.05) is 7.11 Å². The molecule has 0 fully saturated rings.